The minimum absolute atomic E-state index is 0.0966. The predicted molar refractivity (Wildman–Crippen MR) is 115 cm³/mol. The van der Waals surface area contributed by atoms with Gasteiger partial charge in [-0.15, -0.1) is 0 Å². The lowest BCUT2D eigenvalue weighted by molar-refractivity contribution is -0.665. The summed E-state index contributed by atoms with van der Waals surface area (Å²) in [6, 6.07) is 11.0. The normalized spacial score (nSPS) is 14.9. The average molecular weight is 377 g/mol. The Morgan fingerprint density at radius 1 is 0.964 bits per heavy atom. The molecule has 2 aromatic carbocycles. The van der Waals surface area contributed by atoms with Crippen LogP contribution in [0.25, 0.3) is 22.0 Å². The third kappa shape index (κ3) is 3.23. The van der Waals surface area contributed by atoms with E-state index in [-0.39, 0.29) is 5.82 Å². The highest BCUT2D eigenvalue weighted by molar-refractivity contribution is 5.94. The summed E-state index contributed by atoms with van der Waals surface area (Å²) in [6.45, 7) is 8.09. The van der Waals surface area contributed by atoms with Crippen molar-refractivity contribution in [2.75, 3.05) is 0 Å². The van der Waals surface area contributed by atoms with Crippen LogP contribution in [0, 0.1) is 39.4 Å². The lowest BCUT2D eigenvalue weighted by Gasteiger charge is -2.15. The van der Waals surface area contributed by atoms with E-state index in [0.29, 0.717) is 5.56 Å². The van der Waals surface area contributed by atoms with Gasteiger partial charge in [-0.1, -0.05) is 43.9 Å². The summed E-state index contributed by atoms with van der Waals surface area (Å²) in [6.07, 6.45) is 6.64. The Morgan fingerprint density at radius 2 is 1.68 bits per heavy atom. The molecule has 1 aromatic heterocycles. The van der Waals surface area contributed by atoms with Crippen molar-refractivity contribution >= 4 is 10.8 Å². The molecule has 0 unspecified atom stereocenters. The number of aryl methyl sites for hydroxylation is 3. The van der Waals surface area contributed by atoms with Crippen molar-refractivity contribution < 1.29 is 8.96 Å². The van der Waals surface area contributed by atoms with E-state index in [1.807, 2.05) is 27.0 Å². The highest BCUT2D eigenvalue weighted by Gasteiger charge is 2.25. The number of rotatable bonds is 3. The number of nitrogens with zero attached hydrogens (tertiary/aromatic N) is 1. The van der Waals surface area contributed by atoms with Gasteiger partial charge in [0, 0.05) is 13.0 Å². The molecule has 0 bridgehead atoms. The third-order valence-electron chi connectivity index (χ3n) is 6.80. The van der Waals surface area contributed by atoms with Crippen LogP contribution in [-0.4, -0.2) is 0 Å². The molecule has 146 valence electrons. The van der Waals surface area contributed by atoms with Crippen molar-refractivity contribution in [1.29, 1.82) is 0 Å². The van der Waals surface area contributed by atoms with Gasteiger partial charge >= 0.3 is 0 Å². The van der Waals surface area contributed by atoms with Gasteiger partial charge in [-0.05, 0) is 66.8 Å². The van der Waals surface area contributed by atoms with Crippen LogP contribution in [0.5, 0.6) is 0 Å². The highest BCUT2D eigenvalue weighted by atomic mass is 19.1. The van der Waals surface area contributed by atoms with Crippen LogP contribution in [0.4, 0.5) is 4.39 Å². The molecule has 0 amide bonds. The molecule has 4 rings (SSSR count). The molecule has 2 heteroatoms. The summed E-state index contributed by atoms with van der Waals surface area (Å²) >= 11 is 0. The maximum atomic E-state index is 15.3. The maximum absolute atomic E-state index is 15.3. The molecule has 1 heterocycles. The van der Waals surface area contributed by atoms with Crippen molar-refractivity contribution in [1.82, 2.24) is 0 Å². The molecule has 28 heavy (non-hydrogen) atoms. The van der Waals surface area contributed by atoms with E-state index in [9.17, 15) is 0 Å². The zero-order valence-electron chi connectivity index (χ0n) is 17.8. The molecule has 0 saturated heterocycles. The zero-order chi connectivity index (χ0) is 20.0. The Morgan fingerprint density at radius 3 is 2.39 bits per heavy atom. The molecule has 1 fully saturated rings. The molecule has 0 radical (unpaired) electrons. The van der Waals surface area contributed by atoms with Crippen molar-refractivity contribution in [2.24, 2.45) is 13.0 Å². The molecule has 0 atom stereocenters. The van der Waals surface area contributed by atoms with Crippen molar-refractivity contribution in [2.45, 2.75) is 59.8 Å². The van der Waals surface area contributed by atoms with Crippen LogP contribution in [0.3, 0.4) is 0 Å². The molecule has 1 nitrogen and oxygen atoms in total. The second kappa shape index (κ2) is 7.31. The summed E-state index contributed by atoms with van der Waals surface area (Å²) in [5.41, 5.74) is 7.18. The van der Waals surface area contributed by atoms with Crippen LogP contribution in [0.1, 0.15) is 53.6 Å². The molecule has 3 aromatic rings. The van der Waals surface area contributed by atoms with Crippen molar-refractivity contribution in [3.8, 4) is 11.3 Å². The fourth-order valence-corrected chi connectivity index (χ4v) is 4.94. The van der Waals surface area contributed by atoms with Gasteiger partial charge in [0.1, 0.15) is 12.9 Å². The molecule has 0 spiro atoms. The van der Waals surface area contributed by atoms with E-state index in [4.69, 9.17) is 0 Å². The van der Waals surface area contributed by atoms with E-state index in [1.165, 1.54) is 43.1 Å². The Kier molecular flexibility index (Phi) is 4.99. The van der Waals surface area contributed by atoms with Gasteiger partial charge in [0.15, 0.2) is 5.69 Å². The second-order valence-electron chi connectivity index (χ2n) is 8.79. The first-order valence-electron chi connectivity index (χ1n) is 10.6. The first-order valence-corrected chi connectivity index (χ1v) is 10.6. The first-order chi connectivity index (χ1) is 13.4. The van der Waals surface area contributed by atoms with Gasteiger partial charge in [-0.3, -0.25) is 0 Å². The van der Waals surface area contributed by atoms with E-state index < -0.39 is 0 Å². The summed E-state index contributed by atoms with van der Waals surface area (Å²) in [5, 5.41) is 2.36. The topological polar surface area (TPSA) is 3.88 Å². The average Bonchev–Trinajstić information content (AvgIpc) is 3.16. The van der Waals surface area contributed by atoms with Crippen LogP contribution >= 0.6 is 0 Å². The fraction of sp³-hybridized carbons (Fsp3) is 0.423. The van der Waals surface area contributed by atoms with E-state index in [2.05, 4.69) is 42.7 Å². The van der Waals surface area contributed by atoms with Crippen molar-refractivity contribution in [3.05, 3.63) is 64.1 Å². The number of pyridine rings is 1. The SMILES string of the molecule is Cc1cc(C)c(F)c(-c2c3ccc(CC4CCCC4)cc3cc(C)[n+]2C)c1C. The lowest BCUT2D eigenvalue weighted by Crippen LogP contribution is -2.35. The highest BCUT2D eigenvalue weighted by Crippen LogP contribution is 2.35. The lowest BCUT2D eigenvalue weighted by atomic mass is 9.91. The quantitative estimate of drug-likeness (QED) is 0.463. The van der Waals surface area contributed by atoms with Gasteiger partial charge < -0.3 is 0 Å². The third-order valence-corrected chi connectivity index (χ3v) is 6.80. The number of hydrogen-bond donors (Lipinski definition) is 0. The van der Waals surface area contributed by atoms with Gasteiger partial charge in [0.25, 0.3) is 0 Å². The first kappa shape index (κ1) is 19.1. The second-order valence-corrected chi connectivity index (χ2v) is 8.79. The van der Waals surface area contributed by atoms with Crippen LogP contribution in [-0.2, 0) is 13.5 Å². The van der Waals surface area contributed by atoms with E-state index in [1.54, 1.807) is 0 Å². The van der Waals surface area contributed by atoms with Crippen LogP contribution < -0.4 is 4.57 Å². The number of hydrogen-bond acceptors (Lipinski definition) is 0. The van der Waals surface area contributed by atoms with E-state index >= 15 is 4.39 Å². The Hall–Kier alpha value is -2.22. The molecular formula is C26H31FN+. The van der Waals surface area contributed by atoms with Crippen molar-refractivity contribution in [3.63, 3.8) is 0 Å². The van der Waals surface area contributed by atoms with Crippen LogP contribution in [0.15, 0.2) is 30.3 Å². The summed E-state index contributed by atoms with van der Waals surface area (Å²) < 4.78 is 17.4. The van der Waals surface area contributed by atoms with Gasteiger partial charge in [-0.25, -0.2) is 4.39 Å². The largest absolute Gasteiger partial charge is 0.223 e. The van der Waals surface area contributed by atoms with Crippen LogP contribution in [0.2, 0.25) is 0 Å². The molecule has 1 aliphatic carbocycles. The Labute approximate surface area is 168 Å². The Balaban J connectivity index is 1.93. The zero-order valence-corrected chi connectivity index (χ0v) is 17.8. The monoisotopic (exact) mass is 376 g/mol. The number of halogens is 1. The standard InChI is InChI=1S/C26H31FN/c1-16-12-17(2)25(27)24(19(16)4)26-23-11-10-21(14-20-8-6-7-9-20)15-22(23)13-18(3)28(26)5/h10-13,15,20H,6-9,14H2,1-5H3/q+1. The van der Waals surface area contributed by atoms with Gasteiger partial charge in [-0.2, -0.15) is 4.57 Å². The predicted octanol–water partition coefficient (Wildman–Crippen LogP) is 6.44. The Bertz CT molecular complexity index is 1030. The molecule has 0 aliphatic heterocycles. The number of fused-ring (bicyclic) bond motifs is 1. The smallest absolute Gasteiger partial charge is 0.206 e. The summed E-state index contributed by atoms with van der Waals surface area (Å²) in [4.78, 5) is 0. The minimum Gasteiger partial charge on any atom is -0.206 e. The van der Waals surface area contributed by atoms with Gasteiger partial charge in [0.2, 0.25) is 5.69 Å². The molecule has 0 N–H and O–H groups in total. The fourth-order valence-electron chi connectivity index (χ4n) is 4.94. The van der Waals surface area contributed by atoms with Gasteiger partial charge in [0.05, 0.1) is 10.9 Å². The maximum Gasteiger partial charge on any atom is 0.223 e. The summed E-state index contributed by atoms with van der Waals surface area (Å²) in [7, 11) is 2.05. The molecular weight excluding hydrogens is 345 g/mol. The molecule has 1 aliphatic rings. The summed E-state index contributed by atoms with van der Waals surface area (Å²) in [5.74, 6) is 0.734. The molecule has 1 saturated carbocycles. The minimum atomic E-state index is -0.0966. The number of benzene rings is 2. The number of aromatic nitrogens is 1. The van der Waals surface area contributed by atoms with E-state index in [0.717, 1.165) is 39.4 Å².